The monoisotopic (exact) mass is 218 g/mol. The molecule has 1 fully saturated rings. The molecule has 0 aromatic heterocycles. The van der Waals surface area contributed by atoms with Gasteiger partial charge in [-0.1, -0.05) is 38.8 Å². The number of aromatic hydroxyl groups is 1. The third-order valence-corrected chi connectivity index (χ3v) is 4.18. The molecule has 0 bridgehead atoms. The van der Waals surface area contributed by atoms with Gasteiger partial charge in [0.1, 0.15) is 5.75 Å². The second-order valence-electron chi connectivity index (χ2n) is 5.64. The molecular formula is C15H22O. The molecule has 1 heteroatoms. The molecule has 1 aromatic carbocycles. The van der Waals surface area contributed by atoms with Gasteiger partial charge in [0.05, 0.1) is 0 Å². The van der Waals surface area contributed by atoms with Gasteiger partial charge in [-0.15, -0.1) is 0 Å². The predicted molar refractivity (Wildman–Crippen MR) is 67.7 cm³/mol. The van der Waals surface area contributed by atoms with Crippen molar-refractivity contribution in [1.82, 2.24) is 0 Å². The molecule has 2 unspecified atom stereocenters. The molecule has 1 aromatic rings. The Bertz CT molecular complexity index is 341. The van der Waals surface area contributed by atoms with Gasteiger partial charge in [-0.3, -0.25) is 0 Å². The molecule has 1 aliphatic carbocycles. The Morgan fingerprint density at radius 1 is 1.12 bits per heavy atom. The summed E-state index contributed by atoms with van der Waals surface area (Å²) in [6.07, 6.45) is 6.59. The second-order valence-corrected chi connectivity index (χ2v) is 5.64. The van der Waals surface area contributed by atoms with Crippen molar-refractivity contribution in [1.29, 1.82) is 0 Å². The van der Waals surface area contributed by atoms with E-state index < -0.39 is 0 Å². The summed E-state index contributed by atoms with van der Waals surface area (Å²) >= 11 is 0. The summed E-state index contributed by atoms with van der Waals surface area (Å²) in [5, 5.41) is 9.34. The molecule has 2 rings (SSSR count). The minimum absolute atomic E-state index is 0.318. The summed E-state index contributed by atoms with van der Waals surface area (Å²) in [6, 6.07) is 7.81. The van der Waals surface area contributed by atoms with Gasteiger partial charge in [0, 0.05) is 0 Å². The molecule has 0 heterocycles. The summed E-state index contributed by atoms with van der Waals surface area (Å²) < 4.78 is 0. The largest absolute Gasteiger partial charge is 0.508 e. The van der Waals surface area contributed by atoms with Crippen molar-refractivity contribution in [3.63, 3.8) is 0 Å². The van der Waals surface area contributed by atoms with Crippen LogP contribution in [0.5, 0.6) is 5.75 Å². The Morgan fingerprint density at radius 3 is 2.50 bits per heavy atom. The number of hydrogen-bond acceptors (Lipinski definition) is 1. The van der Waals surface area contributed by atoms with Crippen molar-refractivity contribution < 1.29 is 5.11 Å². The molecule has 0 aliphatic heterocycles. The average molecular weight is 218 g/mol. The molecule has 0 radical (unpaired) electrons. The fraction of sp³-hybridized carbons (Fsp3) is 0.600. The summed E-state index contributed by atoms with van der Waals surface area (Å²) in [4.78, 5) is 0. The minimum atomic E-state index is 0.318. The number of rotatable bonds is 1. The quantitative estimate of drug-likeness (QED) is 0.699. The van der Waals surface area contributed by atoms with Crippen LogP contribution in [0.4, 0.5) is 0 Å². The van der Waals surface area contributed by atoms with Crippen LogP contribution in [-0.4, -0.2) is 5.11 Å². The fourth-order valence-corrected chi connectivity index (χ4v) is 2.83. The number of benzene rings is 1. The van der Waals surface area contributed by atoms with E-state index in [0.29, 0.717) is 11.2 Å². The Morgan fingerprint density at radius 2 is 1.81 bits per heavy atom. The normalized spacial score (nSPS) is 31.0. The first kappa shape index (κ1) is 11.5. The van der Waals surface area contributed by atoms with Crippen LogP contribution < -0.4 is 0 Å². The van der Waals surface area contributed by atoms with E-state index in [2.05, 4.69) is 26.0 Å². The van der Waals surface area contributed by atoms with Crippen LogP contribution in [0.25, 0.3) is 0 Å². The lowest BCUT2D eigenvalue weighted by Crippen LogP contribution is -2.20. The first-order valence-electron chi connectivity index (χ1n) is 6.40. The Labute approximate surface area is 98.5 Å². The highest BCUT2D eigenvalue weighted by molar-refractivity contribution is 5.31. The van der Waals surface area contributed by atoms with Gasteiger partial charge < -0.3 is 5.11 Å². The molecule has 1 saturated carbocycles. The van der Waals surface area contributed by atoms with Crippen molar-refractivity contribution in [2.45, 2.75) is 51.4 Å². The van der Waals surface area contributed by atoms with Gasteiger partial charge in [0.15, 0.2) is 0 Å². The van der Waals surface area contributed by atoms with E-state index in [1.165, 1.54) is 37.7 Å². The Hall–Kier alpha value is -0.980. The zero-order chi connectivity index (χ0) is 11.6. The van der Waals surface area contributed by atoms with Crippen molar-refractivity contribution in [3.05, 3.63) is 29.8 Å². The lowest BCUT2D eigenvalue weighted by atomic mass is 9.76. The van der Waals surface area contributed by atoms with Crippen LogP contribution in [0.2, 0.25) is 0 Å². The average Bonchev–Trinajstić information content (AvgIpc) is 2.43. The fourth-order valence-electron chi connectivity index (χ4n) is 2.83. The van der Waals surface area contributed by atoms with Gasteiger partial charge in [0.25, 0.3) is 0 Å². The highest BCUT2D eigenvalue weighted by Gasteiger charge is 2.29. The van der Waals surface area contributed by atoms with Gasteiger partial charge in [0.2, 0.25) is 0 Å². The number of phenolic OH excluding ortho intramolecular Hbond substituents is 1. The Kier molecular flexibility index (Phi) is 3.22. The van der Waals surface area contributed by atoms with Gasteiger partial charge in [-0.2, -0.15) is 0 Å². The molecule has 88 valence electrons. The molecule has 0 saturated heterocycles. The molecule has 2 atom stereocenters. The Balaban J connectivity index is 2.20. The highest BCUT2D eigenvalue weighted by atomic mass is 16.3. The van der Waals surface area contributed by atoms with Crippen LogP contribution >= 0.6 is 0 Å². The maximum atomic E-state index is 9.34. The van der Waals surface area contributed by atoms with Gasteiger partial charge >= 0.3 is 0 Å². The van der Waals surface area contributed by atoms with Crippen LogP contribution in [0.1, 0.15) is 51.5 Å². The van der Waals surface area contributed by atoms with Crippen molar-refractivity contribution in [3.8, 4) is 5.75 Å². The molecule has 1 aliphatic rings. The third kappa shape index (κ3) is 2.40. The molecular weight excluding hydrogens is 196 g/mol. The summed E-state index contributed by atoms with van der Waals surface area (Å²) in [6.45, 7) is 4.74. The van der Waals surface area contributed by atoms with E-state index in [4.69, 9.17) is 0 Å². The van der Waals surface area contributed by atoms with Crippen LogP contribution in [0, 0.1) is 5.92 Å². The molecule has 0 amide bonds. The maximum absolute atomic E-state index is 9.34. The first-order chi connectivity index (χ1) is 7.60. The number of phenols is 1. The maximum Gasteiger partial charge on any atom is 0.115 e. The first-order valence-corrected chi connectivity index (χ1v) is 6.40. The molecule has 1 nitrogen and oxygen atoms in total. The summed E-state index contributed by atoms with van der Waals surface area (Å²) in [5.74, 6) is 1.24. The molecule has 16 heavy (non-hydrogen) atoms. The lowest BCUT2D eigenvalue weighted by Gasteiger charge is -2.29. The summed E-state index contributed by atoms with van der Waals surface area (Å²) in [7, 11) is 0. The van der Waals surface area contributed by atoms with Crippen LogP contribution in [-0.2, 0) is 5.41 Å². The van der Waals surface area contributed by atoms with Crippen molar-refractivity contribution >= 4 is 0 Å². The van der Waals surface area contributed by atoms with E-state index in [1.807, 2.05) is 12.1 Å². The lowest BCUT2D eigenvalue weighted by molar-refractivity contribution is 0.399. The number of hydrogen-bond donors (Lipinski definition) is 1. The van der Waals surface area contributed by atoms with Crippen LogP contribution in [0.15, 0.2) is 24.3 Å². The van der Waals surface area contributed by atoms with E-state index in [0.717, 1.165) is 5.92 Å². The molecule has 0 spiro atoms. The van der Waals surface area contributed by atoms with Gasteiger partial charge in [-0.25, -0.2) is 0 Å². The van der Waals surface area contributed by atoms with Crippen LogP contribution in [0.3, 0.4) is 0 Å². The highest BCUT2D eigenvalue weighted by Crippen LogP contribution is 2.39. The molecule has 1 N–H and O–H groups in total. The van der Waals surface area contributed by atoms with Gasteiger partial charge in [-0.05, 0) is 48.3 Å². The third-order valence-electron chi connectivity index (χ3n) is 4.18. The van der Waals surface area contributed by atoms with Crippen molar-refractivity contribution in [2.75, 3.05) is 0 Å². The smallest absolute Gasteiger partial charge is 0.115 e. The SMILES string of the molecule is CC1CCCC(C)(c2ccc(O)cc2)CC1. The van der Waals surface area contributed by atoms with E-state index in [1.54, 1.807) is 0 Å². The van der Waals surface area contributed by atoms with E-state index in [9.17, 15) is 5.11 Å². The zero-order valence-corrected chi connectivity index (χ0v) is 10.4. The van der Waals surface area contributed by atoms with E-state index in [-0.39, 0.29) is 0 Å². The zero-order valence-electron chi connectivity index (χ0n) is 10.4. The topological polar surface area (TPSA) is 20.2 Å². The predicted octanol–water partition coefficient (Wildman–Crippen LogP) is 4.25. The van der Waals surface area contributed by atoms with E-state index >= 15 is 0 Å². The van der Waals surface area contributed by atoms with Crippen molar-refractivity contribution in [2.24, 2.45) is 5.92 Å². The minimum Gasteiger partial charge on any atom is -0.508 e. The summed E-state index contributed by atoms with van der Waals surface area (Å²) in [5.41, 5.74) is 1.71. The standard InChI is InChI=1S/C15H22O/c1-12-4-3-10-15(2,11-9-12)13-5-7-14(16)8-6-13/h5-8,12,16H,3-4,9-11H2,1-2H3. The second kappa shape index (κ2) is 4.48.